The molecule has 0 aromatic heterocycles. The average molecular weight is 504 g/mol. The van der Waals surface area contributed by atoms with Crippen molar-refractivity contribution in [2.45, 2.75) is 44.9 Å². The number of nitrogens with one attached hydrogen (secondary N) is 2. The van der Waals surface area contributed by atoms with Gasteiger partial charge in [-0.25, -0.2) is 0 Å². The lowest BCUT2D eigenvalue weighted by Gasteiger charge is -2.32. The Morgan fingerprint density at radius 2 is 1.68 bits per heavy atom. The Hall–Kier alpha value is -3.56. The van der Waals surface area contributed by atoms with Gasteiger partial charge in [0, 0.05) is 57.8 Å². The summed E-state index contributed by atoms with van der Waals surface area (Å²) in [7, 11) is 2.15. The van der Waals surface area contributed by atoms with Crippen LogP contribution in [0.15, 0.2) is 42.5 Å². The number of nitrogens with zero attached hydrogens (tertiary/aromatic N) is 3. The Labute approximate surface area is 216 Å². The molecule has 5 rings (SSSR count). The maximum Gasteiger partial charge on any atom is 0.255 e. The highest BCUT2D eigenvalue weighted by Gasteiger charge is 2.39. The SMILES string of the molecule is CN1CCN(Cc2ccc(CC(=O)NCc3ccc4c(c3)CN(C3CCC(=O)NC3=O)C4=O)cc2)CC1. The number of likely N-dealkylation sites (N-methyl/N-ethyl adjacent to an activating group) is 1. The standard InChI is InChI=1S/C28H33N5O4/c1-31-10-12-32(13-11-31)17-20-4-2-19(3-5-20)15-26(35)29-16-21-6-7-23-22(14-21)18-33(28(23)37)24-8-9-25(34)30-27(24)36/h2-7,14,24H,8-13,15-18H2,1H3,(H,29,35)(H,30,34,36). The minimum absolute atomic E-state index is 0.0615. The van der Waals surface area contributed by atoms with Crippen LogP contribution >= 0.6 is 0 Å². The lowest BCUT2D eigenvalue weighted by atomic mass is 10.0. The summed E-state index contributed by atoms with van der Waals surface area (Å²) >= 11 is 0. The first kappa shape index (κ1) is 25.1. The van der Waals surface area contributed by atoms with E-state index in [4.69, 9.17) is 0 Å². The van der Waals surface area contributed by atoms with Crippen molar-refractivity contribution < 1.29 is 19.2 Å². The molecule has 0 aliphatic carbocycles. The van der Waals surface area contributed by atoms with Gasteiger partial charge in [-0.1, -0.05) is 36.4 Å². The third kappa shape index (κ3) is 5.89. The fraction of sp³-hybridized carbons (Fsp3) is 0.429. The molecule has 194 valence electrons. The summed E-state index contributed by atoms with van der Waals surface area (Å²) in [5, 5.41) is 5.29. The van der Waals surface area contributed by atoms with Gasteiger partial charge in [0.2, 0.25) is 17.7 Å². The third-order valence-electron chi connectivity index (χ3n) is 7.47. The van der Waals surface area contributed by atoms with Gasteiger partial charge in [-0.2, -0.15) is 0 Å². The van der Waals surface area contributed by atoms with Crippen molar-refractivity contribution in [2.24, 2.45) is 0 Å². The second kappa shape index (κ2) is 10.8. The smallest absolute Gasteiger partial charge is 0.255 e. The number of piperidine rings is 1. The van der Waals surface area contributed by atoms with Crippen molar-refractivity contribution in [1.82, 2.24) is 25.3 Å². The molecule has 3 heterocycles. The number of amides is 4. The van der Waals surface area contributed by atoms with E-state index in [0.717, 1.165) is 49.4 Å². The fourth-order valence-corrected chi connectivity index (χ4v) is 5.21. The number of hydrogen-bond donors (Lipinski definition) is 2. The van der Waals surface area contributed by atoms with Crippen LogP contribution in [0.3, 0.4) is 0 Å². The molecule has 0 radical (unpaired) electrons. The van der Waals surface area contributed by atoms with Crippen molar-refractivity contribution in [3.05, 3.63) is 70.3 Å². The zero-order valence-corrected chi connectivity index (χ0v) is 21.2. The van der Waals surface area contributed by atoms with E-state index in [0.29, 0.717) is 31.5 Å². The van der Waals surface area contributed by atoms with E-state index in [1.807, 2.05) is 24.3 Å². The Morgan fingerprint density at radius 1 is 0.973 bits per heavy atom. The number of rotatable bonds is 7. The quantitative estimate of drug-likeness (QED) is 0.548. The van der Waals surface area contributed by atoms with Crippen LogP contribution in [0.2, 0.25) is 0 Å². The zero-order valence-electron chi connectivity index (χ0n) is 21.2. The van der Waals surface area contributed by atoms with Gasteiger partial charge in [-0.15, -0.1) is 0 Å². The summed E-state index contributed by atoms with van der Waals surface area (Å²) in [6, 6.07) is 13.1. The van der Waals surface area contributed by atoms with Gasteiger partial charge in [0.15, 0.2) is 0 Å². The molecule has 2 aromatic carbocycles. The van der Waals surface area contributed by atoms with E-state index in [9.17, 15) is 19.2 Å². The van der Waals surface area contributed by atoms with Crippen molar-refractivity contribution in [2.75, 3.05) is 33.2 Å². The normalized spacial score (nSPS) is 20.6. The van der Waals surface area contributed by atoms with Gasteiger partial charge in [0.05, 0.1) is 6.42 Å². The molecule has 2 saturated heterocycles. The molecule has 2 aromatic rings. The summed E-state index contributed by atoms with van der Waals surface area (Å²) in [5.41, 5.74) is 4.52. The maximum absolute atomic E-state index is 12.8. The molecule has 9 heteroatoms. The van der Waals surface area contributed by atoms with Crippen molar-refractivity contribution in [3.63, 3.8) is 0 Å². The molecule has 0 saturated carbocycles. The molecule has 3 aliphatic rings. The topological polar surface area (TPSA) is 102 Å². The summed E-state index contributed by atoms with van der Waals surface area (Å²) < 4.78 is 0. The fourth-order valence-electron chi connectivity index (χ4n) is 5.21. The van der Waals surface area contributed by atoms with Gasteiger partial charge in [0.1, 0.15) is 6.04 Å². The van der Waals surface area contributed by atoms with Crippen LogP contribution in [0.25, 0.3) is 0 Å². The van der Waals surface area contributed by atoms with Crippen LogP contribution < -0.4 is 10.6 Å². The van der Waals surface area contributed by atoms with E-state index in [1.165, 1.54) is 10.5 Å². The molecule has 3 aliphatic heterocycles. The average Bonchev–Trinajstić information content (AvgIpc) is 3.20. The van der Waals surface area contributed by atoms with E-state index < -0.39 is 11.9 Å². The Bertz CT molecular complexity index is 1200. The van der Waals surface area contributed by atoms with Gasteiger partial charge < -0.3 is 15.1 Å². The van der Waals surface area contributed by atoms with Crippen LogP contribution in [-0.4, -0.2) is 77.6 Å². The summed E-state index contributed by atoms with van der Waals surface area (Å²) in [6.07, 6.45) is 0.873. The first-order chi connectivity index (χ1) is 17.9. The number of carbonyl (C=O) groups is 4. The highest BCUT2D eigenvalue weighted by Crippen LogP contribution is 2.28. The third-order valence-corrected chi connectivity index (χ3v) is 7.47. The molecule has 1 unspecified atom stereocenters. The van der Waals surface area contributed by atoms with E-state index >= 15 is 0 Å². The maximum atomic E-state index is 12.8. The first-order valence-electron chi connectivity index (χ1n) is 12.9. The van der Waals surface area contributed by atoms with E-state index in [-0.39, 0.29) is 24.1 Å². The number of fused-ring (bicyclic) bond motifs is 1. The largest absolute Gasteiger partial charge is 0.352 e. The number of benzene rings is 2. The molecular formula is C28H33N5O4. The Balaban J connectivity index is 1.11. The lowest BCUT2D eigenvalue weighted by Crippen LogP contribution is -2.52. The molecule has 4 amide bonds. The van der Waals surface area contributed by atoms with Crippen molar-refractivity contribution in [1.29, 1.82) is 0 Å². The van der Waals surface area contributed by atoms with Crippen molar-refractivity contribution >= 4 is 23.6 Å². The zero-order chi connectivity index (χ0) is 25.9. The Morgan fingerprint density at radius 3 is 2.41 bits per heavy atom. The molecule has 0 bridgehead atoms. The van der Waals surface area contributed by atoms with Crippen LogP contribution in [0.5, 0.6) is 0 Å². The number of piperazine rings is 1. The highest BCUT2D eigenvalue weighted by molar-refractivity contribution is 6.05. The minimum atomic E-state index is -0.631. The minimum Gasteiger partial charge on any atom is -0.352 e. The highest BCUT2D eigenvalue weighted by atomic mass is 16.2. The predicted molar refractivity (Wildman–Crippen MR) is 137 cm³/mol. The molecule has 2 N–H and O–H groups in total. The molecule has 0 spiro atoms. The molecule has 9 nitrogen and oxygen atoms in total. The van der Waals surface area contributed by atoms with Crippen LogP contribution in [0.4, 0.5) is 0 Å². The lowest BCUT2D eigenvalue weighted by molar-refractivity contribution is -0.137. The van der Waals surface area contributed by atoms with Gasteiger partial charge in [0.25, 0.3) is 5.91 Å². The molecule has 1 atom stereocenters. The Kier molecular flexibility index (Phi) is 7.34. The van der Waals surface area contributed by atoms with Crippen molar-refractivity contribution in [3.8, 4) is 0 Å². The molecule has 2 fully saturated rings. The summed E-state index contributed by atoms with van der Waals surface area (Å²) in [5.74, 6) is -0.980. The summed E-state index contributed by atoms with van der Waals surface area (Å²) in [4.78, 5) is 55.4. The number of hydrogen-bond acceptors (Lipinski definition) is 6. The van der Waals surface area contributed by atoms with Gasteiger partial charge in [-0.3, -0.25) is 29.4 Å². The molecular weight excluding hydrogens is 470 g/mol. The molecule has 37 heavy (non-hydrogen) atoms. The van der Waals surface area contributed by atoms with E-state index in [2.05, 4.69) is 39.6 Å². The second-order valence-electron chi connectivity index (χ2n) is 10.2. The predicted octanol–water partition coefficient (Wildman–Crippen LogP) is 1.05. The number of imide groups is 1. The van der Waals surface area contributed by atoms with E-state index in [1.54, 1.807) is 6.07 Å². The van der Waals surface area contributed by atoms with Crippen LogP contribution in [0, 0.1) is 0 Å². The van der Waals surface area contributed by atoms with Gasteiger partial charge in [-0.05, 0) is 41.8 Å². The summed E-state index contributed by atoms with van der Waals surface area (Å²) in [6.45, 7) is 5.96. The second-order valence-corrected chi connectivity index (χ2v) is 10.2. The van der Waals surface area contributed by atoms with Gasteiger partial charge >= 0.3 is 0 Å². The first-order valence-corrected chi connectivity index (χ1v) is 12.9. The monoisotopic (exact) mass is 503 g/mol. The number of carbonyl (C=O) groups excluding carboxylic acids is 4. The van der Waals surface area contributed by atoms with Crippen LogP contribution in [0.1, 0.15) is 45.5 Å². The van der Waals surface area contributed by atoms with Crippen LogP contribution in [-0.2, 0) is 40.4 Å².